The molecule has 0 saturated carbocycles. The molecule has 1 heterocycles. The predicted octanol–water partition coefficient (Wildman–Crippen LogP) is 2.91. The van der Waals surface area contributed by atoms with Gasteiger partial charge in [-0.05, 0) is 19.4 Å². The molecule has 2 N–H and O–H groups in total. The number of rotatable bonds is 1. The van der Waals surface area contributed by atoms with Crippen molar-refractivity contribution in [1.29, 1.82) is 0 Å². The summed E-state index contributed by atoms with van der Waals surface area (Å²) in [4.78, 5) is 6.05. The summed E-state index contributed by atoms with van der Waals surface area (Å²) in [6, 6.07) is 8.48. The fourth-order valence-corrected chi connectivity index (χ4v) is 3.15. The maximum absolute atomic E-state index is 6.09. The van der Waals surface area contributed by atoms with Crippen LogP contribution in [0.5, 0.6) is 0 Å². The van der Waals surface area contributed by atoms with E-state index in [0.717, 1.165) is 17.1 Å². The molecule has 0 bridgehead atoms. The number of hydrogen-bond acceptors (Lipinski definition) is 3. The van der Waals surface area contributed by atoms with E-state index in [2.05, 4.69) is 24.3 Å². The zero-order chi connectivity index (χ0) is 11.3. The number of nitrogens with zero attached hydrogens (tertiary/aromatic N) is 1. The van der Waals surface area contributed by atoms with Gasteiger partial charge < -0.3 is 5.73 Å². The van der Waals surface area contributed by atoms with Gasteiger partial charge in [-0.15, -0.1) is 11.3 Å². The zero-order valence-corrected chi connectivity index (χ0v) is 10.3. The molecule has 82 valence electrons. The van der Waals surface area contributed by atoms with Gasteiger partial charge in [-0.1, -0.05) is 24.3 Å². The predicted molar refractivity (Wildman–Crippen MR) is 67.6 cm³/mol. The third-order valence-electron chi connectivity index (χ3n) is 2.87. The maximum atomic E-state index is 6.09. The van der Waals surface area contributed by atoms with Gasteiger partial charge in [0, 0.05) is 16.9 Å². The fourth-order valence-electron chi connectivity index (χ4n) is 2.04. The summed E-state index contributed by atoms with van der Waals surface area (Å²) in [5, 5.41) is 1.03. The Kier molecular flexibility index (Phi) is 1.97. The molecule has 16 heavy (non-hydrogen) atoms. The van der Waals surface area contributed by atoms with Gasteiger partial charge in [-0.3, -0.25) is 0 Å². The number of aromatic nitrogens is 1. The Morgan fingerprint density at radius 3 is 2.81 bits per heavy atom. The molecule has 0 unspecified atom stereocenters. The van der Waals surface area contributed by atoms with Gasteiger partial charge in [0.2, 0.25) is 0 Å². The van der Waals surface area contributed by atoms with Crippen molar-refractivity contribution in [2.75, 3.05) is 0 Å². The first-order chi connectivity index (χ1) is 7.55. The van der Waals surface area contributed by atoms with E-state index in [9.17, 15) is 0 Å². The molecule has 2 aromatic rings. The summed E-state index contributed by atoms with van der Waals surface area (Å²) in [5.41, 5.74) is 9.57. The molecule has 0 aliphatic heterocycles. The molecule has 0 atom stereocenters. The summed E-state index contributed by atoms with van der Waals surface area (Å²) in [5.74, 6) is 0. The van der Waals surface area contributed by atoms with Crippen molar-refractivity contribution in [2.24, 2.45) is 5.73 Å². The van der Waals surface area contributed by atoms with E-state index in [1.165, 1.54) is 16.0 Å². The van der Waals surface area contributed by atoms with Gasteiger partial charge in [0.15, 0.2) is 0 Å². The first-order valence-corrected chi connectivity index (χ1v) is 6.25. The Balaban J connectivity index is 2.15. The second-order valence-electron chi connectivity index (χ2n) is 4.85. The minimum absolute atomic E-state index is 0.329. The minimum Gasteiger partial charge on any atom is -0.320 e. The minimum atomic E-state index is -0.329. The molecule has 3 heteroatoms. The average molecular weight is 230 g/mol. The Morgan fingerprint density at radius 2 is 2.06 bits per heavy atom. The first kappa shape index (κ1) is 10.00. The quantitative estimate of drug-likeness (QED) is 0.698. The van der Waals surface area contributed by atoms with Gasteiger partial charge in [-0.25, -0.2) is 4.98 Å². The van der Waals surface area contributed by atoms with Crippen molar-refractivity contribution < 1.29 is 0 Å². The lowest BCUT2D eigenvalue weighted by molar-refractivity contribution is 0.551. The van der Waals surface area contributed by atoms with E-state index in [4.69, 9.17) is 10.7 Å². The summed E-state index contributed by atoms with van der Waals surface area (Å²) in [7, 11) is 0. The molecule has 0 saturated heterocycles. The van der Waals surface area contributed by atoms with E-state index < -0.39 is 0 Å². The molecule has 1 aliphatic rings. The van der Waals surface area contributed by atoms with Crippen molar-refractivity contribution in [3.8, 4) is 11.3 Å². The molecular weight excluding hydrogens is 216 g/mol. The van der Waals surface area contributed by atoms with Crippen molar-refractivity contribution >= 4 is 11.3 Å². The lowest BCUT2D eigenvalue weighted by Gasteiger charge is -2.14. The molecule has 1 aromatic heterocycles. The van der Waals surface area contributed by atoms with Crippen LogP contribution in [-0.2, 0) is 12.0 Å². The van der Waals surface area contributed by atoms with Crippen LogP contribution in [0.1, 0.15) is 29.3 Å². The average Bonchev–Trinajstić information content (AvgIpc) is 2.72. The molecule has 1 aromatic carbocycles. The van der Waals surface area contributed by atoms with Crippen molar-refractivity contribution in [2.45, 2.75) is 25.8 Å². The number of fused-ring (bicyclic) bond motifs is 3. The van der Waals surface area contributed by atoms with Gasteiger partial charge in [-0.2, -0.15) is 0 Å². The third-order valence-corrected chi connectivity index (χ3v) is 4.27. The summed E-state index contributed by atoms with van der Waals surface area (Å²) >= 11 is 1.75. The standard InChI is InChI=1S/C13H14N2S/c1-13(2,14)12-15-11-9-6-4-3-5-8(9)7-10(11)16-12/h3-6H,7,14H2,1-2H3. The van der Waals surface area contributed by atoms with Crippen LogP contribution in [-0.4, -0.2) is 4.98 Å². The first-order valence-electron chi connectivity index (χ1n) is 5.43. The lowest BCUT2D eigenvalue weighted by atomic mass is 10.1. The topological polar surface area (TPSA) is 38.9 Å². The molecular formula is C13H14N2S. The third kappa shape index (κ3) is 1.39. The highest BCUT2D eigenvalue weighted by Gasteiger charge is 2.27. The van der Waals surface area contributed by atoms with E-state index >= 15 is 0 Å². The number of thiazole rings is 1. The van der Waals surface area contributed by atoms with E-state index in [-0.39, 0.29) is 5.54 Å². The van der Waals surface area contributed by atoms with Gasteiger partial charge in [0.25, 0.3) is 0 Å². The van der Waals surface area contributed by atoms with Crippen LogP contribution in [0.2, 0.25) is 0 Å². The normalized spacial score (nSPS) is 13.7. The Hall–Kier alpha value is -1.19. The van der Waals surface area contributed by atoms with E-state index in [1.54, 1.807) is 11.3 Å². The number of benzene rings is 1. The smallest absolute Gasteiger partial charge is 0.113 e. The highest BCUT2D eigenvalue weighted by atomic mass is 32.1. The molecule has 1 aliphatic carbocycles. The Bertz CT molecular complexity index is 549. The highest BCUT2D eigenvalue weighted by molar-refractivity contribution is 7.12. The number of nitrogens with two attached hydrogens (primary N) is 1. The number of hydrogen-bond donors (Lipinski definition) is 1. The Labute approximate surface area is 99.1 Å². The maximum Gasteiger partial charge on any atom is 0.113 e. The second kappa shape index (κ2) is 3.15. The largest absolute Gasteiger partial charge is 0.320 e. The molecule has 0 amide bonds. The van der Waals surface area contributed by atoms with Crippen LogP contribution < -0.4 is 5.73 Å². The van der Waals surface area contributed by atoms with Crippen molar-refractivity contribution in [3.63, 3.8) is 0 Å². The zero-order valence-electron chi connectivity index (χ0n) is 9.45. The Morgan fingerprint density at radius 1 is 1.31 bits per heavy atom. The summed E-state index contributed by atoms with van der Waals surface area (Å²) in [6.45, 7) is 4.01. The van der Waals surface area contributed by atoms with Crippen LogP contribution >= 0.6 is 11.3 Å². The second-order valence-corrected chi connectivity index (χ2v) is 5.93. The summed E-state index contributed by atoms with van der Waals surface area (Å²) < 4.78 is 0. The molecule has 0 fully saturated rings. The van der Waals surface area contributed by atoms with Gasteiger partial charge >= 0.3 is 0 Å². The monoisotopic (exact) mass is 230 g/mol. The highest BCUT2D eigenvalue weighted by Crippen LogP contribution is 2.40. The molecule has 3 rings (SSSR count). The summed E-state index contributed by atoms with van der Waals surface area (Å²) in [6.07, 6.45) is 1.01. The fraction of sp³-hybridized carbons (Fsp3) is 0.308. The lowest BCUT2D eigenvalue weighted by Crippen LogP contribution is -2.28. The molecule has 0 radical (unpaired) electrons. The van der Waals surface area contributed by atoms with Crippen LogP contribution in [0.15, 0.2) is 24.3 Å². The molecule has 2 nitrogen and oxygen atoms in total. The van der Waals surface area contributed by atoms with Crippen LogP contribution in [0.4, 0.5) is 0 Å². The van der Waals surface area contributed by atoms with E-state index in [0.29, 0.717) is 0 Å². The van der Waals surface area contributed by atoms with Crippen molar-refractivity contribution in [1.82, 2.24) is 4.98 Å². The van der Waals surface area contributed by atoms with Crippen LogP contribution in [0.25, 0.3) is 11.3 Å². The van der Waals surface area contributed by atoms with Gasteiger partial charge in [0.1, 0.15) is 5.01 Å². The van der Waals surface area contributed by atoms with E-state index in [1.807, 2.05) is 13.8 Å². The van der Waals surface area contributed by atoms with Gasteiger partial charge in [0.05, 0.1) is 11.2 Å². The van der Waals surface area contributed by atoms with Crippen molar-refractivity contribution in [3.05, 3.63) is 39.7 Å². The SMILES string of the molecule is CC(C)(N)c1nc2c(s1)Cc1ccccc1-2. The van der Waals surface area contributed by atoms with Crippen LogP contribution in [0, 0.1) is 0 Å². The molecule has 0 spiro atoms. The van der Waals surface area contributed by atoms with Crippen LogP contribution in [0.3, 0.4) is 0 Å².